The first-order valence-electron chi connectivity index (χ1n) is 8.17. The predicted molar refractivity (Wildman–Crippen MR) is 95.8 cm³/mol. The van der Waals surface area contributed by atoms with Crippen LogP contribution in [-0.4, -0.2) is 32.6 Å². The predicted octanol–water partition coefficient (Wildman–Crippen LogP) is 3.46. The highest BCUT2D eigenvalue weighted by atomic mass is 35.5. The van der Waals surface area contributed by atoms with E-state index >= 15 is 0 Å². The van der Waals surface area contributed by atoms with Crippen LogP contribution in [-0.2, 0) is 24.1 Å². The summed E-state index contributed by atoms with van der Waals surface area (Å²) in [5, 5.41) is 0.398. The highest BCUT2D eigenvalue weighted by molar-refractivity contribution is 6.33. The van der Waals surface area contributed by atoms with Crippen molar-refractivity contribution < 1.29 is 9.53 Å². The normalized spacial score (nSPS) is 11.0. The lowest BCUT2D eigenvalue weighted by Gasteiger charge is -2.06. The summed E-state index contributed by atoms with van der Waals surface area (Å²) in [6, 6.07) is 7.39. The molecule has 25 heavy (non-hydrogen) atoms. The Morgan fingerprint density at radius 2 is 1.96 bits per heavy atom. The molecular formula is C18H19ClN4O2. The number of imidazole rings is 1. The van der Waals surface area contributed by atoms with Crippen molar-refractivity contribution in [1.29, 1.82) is 0 Å². The number of esters is 1. The van der Waals surface area contributed by atoms with Gasteiger partial charge in [-0.25, -0.2) is 19.7 Å². The Kier molecular flexibility index (Phi) is 5.28. The maximum absolute atomic E-state index is 11.5. The van der Waals surface area contributed by atoms with Crippen LogP contribution >= 0.6 is 11.6 Å². The molecule has 0 amide bonds. The van der Waals surface area contributed by atoms with Gasteiger partial charge in [-0.15, -0.1) is 0 Å². The fraction of sp³-hybridized carbons (Fsp3) is 0.333. The van der Waals surface area contributed by atoms with Gasteiger partial charge in [0, 0.05) is 13.0 Å². The third kappa shape index (κ3) is 3.79. The molecular weight excluding hydrogens is 340 g/mol. The monoisotopic (exact) mass is 358 g/mol. The van der Waals surface area contributed by atoms with Gasteiger partial charge in [-0.2, -0.15) is 0 Å². The molecule has 6 nitrogen and oxygen atoms in total. The molecule has 0 aliphatic rings. The number of methoxy groups -OCH3 is 1. The van der Waals surface area contributed by atoms with Gasteiger partial charge >= 0.3 is 5.97 Å². The molecule has 0 saturated carbocycles. The van der Waals surface area contributed by atoms with E-state index in [1.165, 1.54) is 7.11 Å². The Labute approximate surface area is 150 Å². The van der Waals surface area contributed by atoms with Gasteiger partial charge in [0.15, 0.2) is 10.8 Å². The van der Waals surface area contributed by atoms with Gasteiger partial charge < -0.3 is 9.30 Å². The quantitative estimate of drug-likeness (QED) is 0.498. The average Bonchev–Trinajstić information content (AvgIpc) is 3.03. The number of rotatable bonds is 6. The maximum Gasteiger partial charge on any atom is 0.337 e. The topological polar surface area (TPSA) is 69.9 Å². The zero-order valence-corrected chi connectivity index (χ0v) is 15.0. The van der Waals surface area contributed by atoms with Gasteiger partial charge in [0.05, 0.1) is 19.0 Å². The molecule has 0 aliphatic heterocycles. The number of benzene rings is 1. The Morgan fingerprint density at radius 1 is 1.20 bits per heavy atom. The minimum absolute atomic E-state index is 0.332. The number of carbonyl (C=O) groups excluding carboxylic acids is 1. The first kappa shape index (κ1) is 17.4. The molecule has 0 spiro atoms. The zero-order valence-electron chi connectivity index (χ0n) is 14.2. The molecule has 0 radical (unpaired) electrons. The molecule has 0 bridgehead atoms. The number of hydrogen-bond donors (Lipinski definition) is 0. The van der Waals surface area contributed by atoms with Crippen molar-refractivity contribution in [3.63, 3.8) is 0 Å². The summed E-state index contributed by atoms with van der Waals surface area (Å²) >= 11 is 6.22. The van der Waals surface area contributed by atoms with E-state index in [9.17, 15) is 4.79 Å². The molecule has 130 valence electrons. The number of fused-ring (bicyclic) bond motifs is 1. The van der Waals surface area contributed by atoms with Crippen molar-refractivity contribution in [3.8, 4) is 0 Å². The minimum Gasteiger partial charge on any atom is -0.465 e. The van der Waals surface area contributed by atoms with E-state index in [4.69, 9.17) is 16.3 Å². The van der Waals surface area contributed by atoms with Gasteiger partial charge in [-0.05, 0) is 30.5 Å². The van der Waals surface area contributed by atoms with E-state index in [0.717, 1.165) is 36.3 Å². The molecule has 0 unspecified atom stereocenters. The van der Waals surface area contributed by atoms with Crippen molar-refractivity contribution >= 4 is 28.7 Å². The SMILES string of the molecule is CCCc1nc(Cl)c2ncn(CCc3ccc(C(=O)OC)cc3)c2n1. The van der Waals surface area contributed by atoms with E-state index in [1.54, 1.807) is 18.5 Å². The van der Waals surface area contributed by atoms with Crippen LogP contribution in [0.5, 0.6) is 0 Å². The van der Waals surface area contributed by atoms with Crippen molar-refractivity contribution in [1.82, 2.24) is 19.5 Å². The number of aromatic nitrogens is 4. The van der Waals surface area contributed by atoms with Crippen molar-refractivity contribution in [2.45, 2.75) is 32.7 Å². The van der Waals surface area contributed by atoms with Crippen LogP contribution in [0.3, 0.4) is 0 Å². The Bertz CT molecular complexity index is 890. The van der Waals surface area contributed by atoms with Crippen LogP contribution in [0.4, 0.5) is 0 Å². The molecule has 2 heterocycles. The molecule has 1 aromatic carbocycles. The summed E-state index contributed by atoms with van der Waals surface area (Å²) in [5.74, 6) is 0.408. The molecule has 0 fully saturated rings. The van der Waals surface area contributed by atoms with Crippen LogP contribution in [0, 0.1) is 0 Å². The van der Waals surface area contributed by atoms with Gasteiger partial charge in [-0.1, -0.05) is 30.7 Å². The zero-order chi connectivity index (χ0) is 17.8. The molecule has 0 atom stereocenters. The number of halogens is 1. The van der Waals surface area contributed by atoms with Gasteiger partial charge in [0.1, 0.15) is 11.3 Å². The summed E-state index contributed by atoms with van der Waals surface area (Å²) < 4.78 is 6.69. The molecule has 0 saturated heterocycles. The maximum atomic E-state index is 11.5. The smallest absolute Gasteiger partial charge is 0.337 e. The van der Waals surface area contributed by atoms with Gasteiger partial charge in [-0.3, -0.25) is 0 Å². The van der Waals surface area contributed by atoms with Crippen LogP contribution in [0.25, 0.3) is 11.2 Å². The van der Waals surface area contributed by atoms with Crippen LogP contribution in [0.15, 0.2) is 30.6 Å². The summed E-state index contributed by atoms with van der Waals surface area (Å²) in [4.78, 5) is 24.7. The second-order valence-electron chi connectivity index (χ2n) is 5.73. The standard InChI is InChI=1S/C18H19ClN4O2/c1-3-4-14-21-16(19)15-17(22-14)23(11-20-15)10-9-12-5-7-13(8-6-12)18(24)25-2/h5-8,11H,3-4,9-10H2,1-2H3. The number of aryl methyl sites for hydroxylation is 3. The van der Waals surface area contributed by atoms with Crippen molar-refractivity contribution in [2.24, 2.45) is 0 Å². The lowest BCUT2D eigenvalue weighted by molar-refractivity contribution is 0.0600. The van der Waals surface area contributed by atoms with Crippen molar-refractivity contribution in [3.05, 3.63) is 52.7 Å². The Morgan fingerprint density at radius 3 is 2.64 bits per heavy atom. The highest BCUT2D eigenvalue weighted by Gasteiger charge is 2.12. The largest absolute Gasteiger partial charge is 0.465 e. The molecule has 0 N–H and O–H groups in total. The second kappa shape index (κ2) is 7.61. The third-order valence-electron chi connectivity index (χ3n) is 3.96. The number of nitrogens with zero attached hydrogens (tertiary/aromatic N) is 4. The van der Waals surface area contributed by atoms with Crippen LogP contribution < -0.4 is 0 Å². The summed E-state index contributed by atoms with van der Waals surface area (Å²) in [5.41, 5.74) is 3.05. The third-order valence-corrected chi connectivity index (χ3v) is 4.22. The minimum atomic E-state index is -0.332. The number of hydrogen-bond acceptors (Lipinski definition) is 5. The summed E-state index contributed by atoms with van der Waals surface area (Å²) in [6.45, 7) is 2.80. The Balaban J connectivity index is 1.78. The number of carbonyl (C=O) groups is 1. The molecule has 3 aromatic rings. The van der Waals surface area contributed by atoms with Gasteiger partial charge in [0.25, 0.3) is 0 Å². The lowest BCUT2D eigenvalue weighted by Crippen LogP contribution is -2.04. The summed E-state index contributed by atoms with van der Waals surface area (Å²) in [7, 11) is 1.38. The lowest BCUT2D eigenvalue weighted by atomic mass is 10.1. The molecule has 2 aromatic heterocycles. The van der Waals surface area contributed by atoms with E-state index in [1.807, 2.05) is 16.7 Å². The number of ether oxygens (including phenoxy) is 1. The Hall–Kier alpha value is -2.47. The first-order valence-corrected chi connectivity index (χ1v) is 8.54. The van der Waals surface area contributed by atoms with Crippen LogP contribution in [0.1, 0.15) is 35.1 Å². The van der Waals surface area contributed by atoms with E-state index in [0.29, 0.717) is 22.8 Å². The average molecular weight is 359 g/mol. The molecule has 3 rings (SSSR count). The molecule has 0 aliphatic carbocycles. The highest BCUT2D eigenvalue weighted by Crippen LogP contribution is 2.20. The fourth-order valence-corrected chi connectivity index (χ4v) is 2.86. The second-order valence-corrected chi connectivity index (χ2v) is 6.09. The van der Waals surface area contributed by atoms with E-state index in [-0.39, 0.29) is 5.97 Å². The van der Waals surface area contributed by atoms with Gasteiger partial charge in [0.2, 0.25) is 0 Å². The van der Waals surface area contributed by atoms with E-state index < -0.39 is 0 Å². The summed E-state index contributed by atoms with van der Waals surface area (Å²) in [6.07, 6.45) is 4.28. The molecule has 7 heteroatoms. The first-order chi connectivity index (χ1) is 12.1. The van der Waals surface area contributed by atoms with Crippen LogP contribution in [0.2, 0.25) is 5.15 Å². The van der Waals surface area contributed by atoms with Crippen molar-refractivity contribution in [2.75, 3.05) is 7.11 Å². The van der Waals surface area contributed by atoms with E-state index in [2.05, 4.69) is 21.9 Å². The fourth-order valence-electron chi connectivity index (χ4n) is 2.63.